The lowest BCUT2D eigenvalue weighted by molar-refractivity contribution is -0.129. The van der Waals surface area contributed by atoms with E-state index in [1.54, 1.807) is 97.1 Å². The number of carbonyl (C=O) groups is 1. The van der Waals surface area contributed by atoms with E-state index < -0.39 is 49.5 Å². The minimum Gasteiger partial charge on any atom is -0.508 e. The summed E-state index contributed by atoms with van der Waals surface area (Å²) in [5.41, 5.74) is 17.4. The molecule has 462 valence electrons. The molecule has 1 aliphatic rings. The van der Waals surface area contributed by atoms with Crippen LogP contribution in [-0.4, -0.2) is 80.3 Å². The number of carbonyl (C=O) groups excluding carboxylic acids is 1. The molecule has 0 saturated carbocycles. The van der Waals surface area contributed by atoms with Gasteiger partial charge < -0.3 is 46.0 Å². The highest BCUT2D eigenvalue weighted by molar-refractivity contribution is 9.09. The number of phenols is 1. The van der Waals surface area contributed by atoms with E-state index in [-0.39, 0.29) is 61.0 Å². The molecule has 26 heteroatoms. The Labute approximate surface area is 501 Å². The zero-order valence-electron chi connectivity index (χ0n) is 45.9. The Morgan fingerprint density at radius 1 is 0.575 bits per heavy atom. The monoisotopic (exact) mass is 1290 g/mol. The number of nitrogens with two attached hydrogens (primary N) is 3. The second-order valence-corrected chi connectivity index (χ2v) is 17.5. The Morgan fingerprint density at radius 3 is 1.34 bits per heavy atom. The van der Waals surface area contributed by atoms with Crippen molar-refractivity contribution in [2.75, 3.05) is 32.6 Å². The van der Waals surface area contributed by atoms with Crippen LogP contribution in [-0.2, 0) is 10.3 Å². The number of aromatic hydroxyl groups is 1. The van der Waals surface area contributed by atoms with E-state index in [4.69, 9.17) is 26.7 Å². The maximum atomic E-state index is 13.2. The zero-order chi connectivity index (χ0) is 64.3. The molecule has 0 fully saturated rings. The average Bonchev–Trinajstić information content (AvgIpc) is 1.69. The van der Waals surface area contributed by atoms with Crippen LogP contribution in [0.3, 0.4) is 0 Å². The number of amides is 1. The lowest BCUT2D eigenvalue weighted by Gasteiger charge is -2.26. The lowest BCUT2D eigenvalue weighted by Crippen LogP contribution is -2.41. The van der Waals surface area contributed by atoms with Gasteiger partial charge in [0, 0.05) is 54.5 Å². The highest BCUT2D eigenvalue weighted by Crippen LogP contribution is 2.41. The van der Waals surface area contributed by atoms with Crippen LogP contribution < -0.4 is 40.9 Å². The molecule has 0 radical (unpaired) electrons. The van der Waals surface area contributed by atoms with E-state index in [0.717, 1.165) is 18.2 Å². The first-order valence-electron chi connectivity index (χ1n) is 25.1. The number of guanidine groups is 2. The van der Waals surface area contributed by atoms with E-state index in [0.29, 0.717) is 56.6 Å². The molecule has 7 rings (SSSR count). The second kappa shape index (κ2) is 38.3. The predicted molar refractivity (Wildman–Crippen MR) is 309 cm³/mol. The SMILES string of the molecule is CN1C(=O)C(c2ccc(OC(F)F)cc2)(c2cccc(OCCC=C(F)F)c2)N=C1N.CN=C(N)N.FC(F)=CCCBr.FC(F)=CCCOc1cccc(C#Cc2ccc(OC(F)F)cc2)c1.Oc1cccc(C#Cc2ccc(OC(F)F)cc2)c1. The zero-order valence-corrected chi connectivity index (χ0v) is 47.5. The molecule has 0 aromatic heterocycles. The number of hydrogen-bond acceptors (Lipinski definition) is 10. The van der Waals surface area contributed by atoms with Crippen molar-refractivity contribution in [3.05, 3.63) is 215 Å². The van der Waals surface area contributed by atoms with Gasteiger partial charge in [0.1, 0.15) is 34.5 Å². The Kier molecular flexibility index (Phi) is 31.5. The molecule has 0 spiro atoms. The Morgan fingerprint density at radius 2 is 0.966 bits per heavy atom. The van der Waals surface area contributed by atoms with Crippen molar-refractivity contribution in [2.45, 2.75) is 44.6 Å². The molecule has 6 aromatic carbocycles. The van der Waals surface area contributed by atoms with Gasteiger partial charge in [0.25, 0.3) is 24.1 Å². The summed E-state index contributed by atoms with van der Waals surface area (Å²) in [5.74, 6) is 12.3. The van der Waals surface area contributed by atoms with Gasteiger partial charge >= 0.3 is 19.8 Å². The Hall–Kier alpha value is -9.69. The summed E-state index contributed by atoms with van der Waals surface area (Å²) < 4.78 is 167. The van der Waals surface area contributed by atoms with E-state index in [2.05, 4.69) is 63.8 Å². The summed E-state index contributed by atoms with van der Waals surface area (Å²) in [5, 5.41) is 9.88. The Bertz CT molecular complexity index is 3380. The fourth-order valence-corrected chi connectivity index (χ4v) is 6.93. The third kappa shape index (κ3) is 27.7. The van der Waals surface area contributed by atoms with Crippen LogP contribution in [0, 0.1) is 23.7 Å². The molecule has 1 unspecified atom stereocenters. The fraction of sp³-hybridized carbons (Fsp3) is 0.197. The molecule has 1 aliphatic heterocycles. The first-order chi connectivity index (χ1) is 41.4. The summed E-state index contributed by atoms with van der Waals surface area (Å²) >= 11 is 3.00. The van der Waals surface area contributed by atoms with Gasteiger partial charge in [-0.2, -0.15) is 52.7 Å². The maximum Gasteiger partial charge on any atom is 0.387 e. The fourth-order valence-electron chi connectivity index (χ4n) is 6.70. The normalized spacial score (nSPS) is 12.6. The van der Waals surface area contributed by atoms with Crippen LogP contribution >= 0.6 is 15.9 Å². The van der Waals surface area contributed by atoms with Gasteiger partial charge in [-0.05, 0) is 145 Å². The largest absolute Gasteiger partial charge is 0.508 e. The number of phenolic OH excluding ortho intramolecular Hbond substituents is 1. The topological polar surface area (TPSA) is 189 Å². The van der Waals surface area contributed by atoms with Crippen molar-refractivity contribution in [3.63, 3.8) is 0 Å². The number of alkyl halides is 7. The summed E-state index contributed by atoms with van der Waals surface area (Å²) in [4.78, 5) is 22.1. The quantitative estimate of drug-likeness (QED) is 0.0161. The molecule has 7 N–H and O–H groups in total. The van der Waals surface area contributed by atoms with Gasteiger partial charge in [0.2, 0.25) is 0 Å². The molecule has 1 heterocycles. The number of allylic oxidation sites excluding steroid dienone is 1. The molecule has 0 aliphatic carbocycles. The summed E-state index contributed by atoms with van der Waals surface area (Å²) in [6, 6.07) is 37.4. The first-order valence-corrected chi connectivity index (χ1v) is 26.2. The molecule has 6 aromatic rings. The van der Waals surface area contributed by atoms with Gasteiger partial charge in [-0.15, -0.1) is 0 Å². The molecular formula is C61H55BrF12N6O7. The second-order valence-electron chi connectivity index (χ2n) is 16.7. The van der Waals surface area contributed by atoms with Crippen molar-refractivity contribution in [1.82, 2.24) is 4.90 Å². The van der Waals surface area contributed by atoms with Gasteiger partial charge in [-0.3, -0.25) is 14.7 Å². The number of rotatable bonds is 18. The molecule has 1 atom stereocenters. The van der Waals surface area contributed by atoms with Crippen LogP contribution in [0.1, 0.15) is 52.6 Å². The van der Waals surface area contributed by atoms with Gasteiger partial charge in [-0.1, -0.05) is 76.0 Å². The van der Waals surface area contributed by atoms with Crippen LogP contribution in [0.25, 0.3) is 0 Å². The van der Waals surface area contributed by atoms with E-state index >= 15 is 0 Å². The van der Waals surface area contributed by atoms with Gasteiger partial charge in [0.05, 0.1) is 13.2 Å². The predicted octanol–water partition coefficient (Wildman–Crippen LogP) is 13.9. The van der Waals surface area contributed by atoms with E-state index in [9.17, 15) is 62.6 Å². The van der Waals surface area contributed by atoms with Crippen LogP contribution in [0.15, 0.2) is 192 Å². The van der Waals surface area contributed by atoms with Crippen molar-refractivity contribution in [1.29, 1.82) is 0 Å². The summed E-state index contributed by atoms with van der Waals surface area (Å²) in [6.45, 7) is -8.53. The highest BCUT2D eigenvalue weighted by atomic mass is 79.9. The van der Waals surface area contributed by atoms with Gasteiger partial charge in [-0.25, -0.2) is 4.99 Å². The number of ether oxygens (including phenoxy) is 5. The van der Waals surface area contributed by atoms with Crippen LogP contribution in [0.2, 0.25) is 0 Å². The Balaban J connectivity index is 0.000000317. The smallest absolute Gasteiger partial charge is 0.387 e. The number of likely N-dealkylation sites (N-methyl/N-ethyl adjacent to an activating group) is 1. The standard InChI is InChI=1S/C21H19F4N3O3.C19H14F4O2.C15H10F2O2.C4H5BrF2.C2H7N3/c1-28-18(29)21(27-20(28)26,13-7-9-15(10-8-13)31-19(24)25)14-4-2-5-16(12-14)30-11-3-6-17(22)23;20-18(21)5-2-12-24-17-4-1-3-15(13-17)7-6-14-8-10-16(11-9-14)25-19(22)23;16-15(17)19-14-8-6-11(7-9-14)4-5-12-2-1-3-13(18)10-12;5-3-1-2-4(6)7;1-5-2(3)4/h2,4-10,12,19H,3,11H2,1H3,(H2,26,27);1,3-5,8-11,13,19H,2,12H2;1-3,6-10,15,18H;2H,1,3H2;1H3,(H4,3,4,5). The molecule has 0 saturated heterocycles. The summed E-state index contributed by atoms with van der Waals surface area (Å²) in [7, 11) is 3.00. The molecule has 13 nitrogen and oxygen atoms in total. The number of halogens is 13. The third-order valence-electron chi connectivity index (χ3n) is 10.6. The minimum absolute atomic E-state index is 0.00666. The molecular weight excluding hydrogens is 1240 g/mol. The first kappa shape index (κ1) is 71.6. The van der Waals surface area contributed by atoms with Gasteiger partial charge in [0.15, 0.2) is 17.5 Å². The number of nitrogens with zero attached hydrogens (tertiary/aromatic N) is 3. The number of aliphatic imine (C=N–C) groups is 2. The average molecular weight is 1290 g/mol. The van der Waals surface area contributed by atoms with Crippen LogP contribution in [0.5, 0.6) is 34.5 Å². The third-order valence-corrected chi connectivity index (χ3v) is 11.0. The molecule has 1 amide bonds. The lowest BCUT2D eigenvalue weighted by atomic mass is 9.82. The van der Waals surface area contributed by atoms with E-state index in [1.165, 1.54) is 67.5 Å². The minimum atomic E-state index is -2.98. The number of hydrogen-bond donors (Lipinski definition) is 4. The summed E-state index contributed by atoms with van der Waals surface area (Å²) in [6.07, 6.45) is -2.16. The molecule has 87 heavy (non-hydrogen) atoms. The molecule has 0 bridgehead atoms. The highest BCUT2D eigenvalue weighted by Gasteiger charge is 2.49. The van der Waals surface area contributed by atoms with Crippen molar-refractivity contribution >= 4 is 33.8 Å². The van der Waals surface area contributed by atoms with Crippen molar-refractivity contribution < 1.29 is 86.3 Å². The van der Waals surface area contributed by atoms with E-state index in [1.807, 2.05) is 0 Å². The van der Waals surface area contributed by atoms with Crippen molar-refractivity contribution in [2.24, 2.45) is 27.2 Å². The van der Waals surface area contributed by atoms with Crippen molar-refractivity contribution in [3.8, 4) is 58.2 Å². The van der Waals surface area contributed by atoms with Crippen LogP contribution in [0.4, 0.5) is 52.7 Å². The maximum absolute atomic E-state index is 13.2. The number of benzene rings is 6.